The van der Waals surface area contributed by atoms with Gasteiger partial charge in [0.1, 0.15) is 0 Å². The molecule has 30 heavy (non-hydrogen) atoms. The average Bonchev–Trinajstić information content (AvgIpc) is 3.46. The van der Waals surface area contributed by atoms with Crippen LogP contribution in [0.15, 0.2) is 35.7 Å². The lowest BCUT2D eigenvalue weighted by molar-refractivity contribution is -0.121. The fourth-order valence-corrected chi connectivity index (χ4v) is 6.84. The molecule has 1 amide bonds. The highest BCUT2D eigenvalue weighted by molar-refractivity contribution is 7.89. The molecule has 7 heteroatoms. The van der Waals surface area contributed by atoms with Crippen molar-refractivity contribution in [3.8, 4) is 0 Å². The van der Waals surface area contributed by atoms with Crippen LogP contribution < -0.4 is 5.32 Å². The van der Waals surface area contributed by atoms with E-state index in [0.717, 1.165) is 36.1 Å². The molecule has 0 radical (unpaired) electrons. The van der Waals surface area contributed by atoms with Crippen LogP contribution in [0.3, 0.4) is 0 Å². The number of amides is 1. The van der Waals surface area contributed by atoms with Gasteiger partial charge in [0.25, 0.3) is 0 Å². The smallest absolute Gasteiger partial charge is 0.220 e. The topological polar surface area (TPSA) is 66.5 Å². The van der Waals surface area contributed by atoms with Crippen molar-refractivity contribution in [1.29, 1.82) is 0 Å². The van der Waals surface area contributed by atoms with Crippen LogP contribution in [0.5, 0.6) is 0 Å². The summed E-state index contributed by atoms with van der Waals surface area (Å²) >= 11 is 1.63. The number of sulfonamides is 1. The summed E-state index contributed by atoms with van der Waals surface area (Å²) in [5.74, 6) is -0.0501. The van der Waals surface area contributed by atoms with E-state index >= 15 is 0 Å². The molecule has 1 N–H and O–H groups in total. The lowest BCUT2D eigenvalue weighted by Crippen LogP contribution is -2.32. The Labute approximate surface area is 183 Å². The summed E-state index contributed by atoms with van der Waals surface area (Å²) < 4.78 is 26.3. The second-order valence-corrected chi connectivity index (χ2v) is 11.3. The molecule has 2 heterocycles. The van der Waals surface area contributed by atoms with E-state index in [2.05, 4.69) is 23.5 Å². The first-order valence-corrected chi connectivity index (χ1v) is 13.4. The van der Waals surface area contributed by atoms with Crippen LogP contribution in [0.2, 0.25) is 0 Å². The molecule has 1 saturated heterocycles. The maximum absolute atomic E-state index is 12.7. The second kappa shape index (κ2) is 9.62. The highest BCUT2D eigenvalue weighted by Gasteiger charge is 2.25. The number of nitrogens with zero attached hydrogens (tertiary/aromatic N) is 1. The number of benzene rings is 1. The fourth-order valence-electron chi connectivity index (χ4n) is 4.45. The van der Waals surface area contributed by atoms with Gasteiger partial charge in [0.15, 0.2) is 0 Å². The third-order valence-electron chi connectivity index (χ3n) is 6.10. The first-order valence-electron chi connectivity index (χ1n) is 11.0. The highest BCUT2D eigenvalue weighted by Crippen LogP contribution is 2.30. The quantitative estimate of drug-likeness (QED) is 0.666. The Morgan fingerprint density at radius 3 is 2.57 bits per heavy atom. The molecule has 4 rings (SSSR count). The third kappa shape index (κ3) is 5.13. The standard InChI is InChI=1S/C23H30N2O3S2/c26-22(10-6-16-30(27,28)25-13-3-4-14-25)24-23(21-9-5-15-29-21)20-12-11-18-7-1-2-8-19(18)17-20/h5,9,11-12,15,17,23H,1-4,6-8,10,13-14,16H2,(H,24,26). The maximum Gasteiger partial charge on any atom is 0.220 e. The Hall–Kier alpha value is -1.70. The number of thiophene rings is 1. The van der Waals surface area contributed by atoms with Crippen LogP contribution in [0.4, 0.5) is 0 Å². The van der Waals surface area contributed by atoms with Gasteiger partial charge in [-0.3, -0.25) is 4.79 Å². The molecule has 5 nitrogen and oxygen atoms in total. The van der Waals surface area contributed by atoms with E-state index in [1.807, 2.05) is 17.5 Å². The Kier molecular flexibility index (Phi) is 6.91. The molecule has 1 aromatic carbocycles. The molecule has 162 valence electrons. The summed E-state index contributed by atoms with van der Waals surface area (Å²) in [5.41, 5.74) is 3.93. The van der Waals surface area contributed by atoms with E-state index in [1.165, 1.54) is 24.0 Å². The third-order valence-corrected chi connectivity index (χ3v) is 9.00. The molecule has 0 saturated carbocycles. The van der Waals surface area contributed by atoms with Gasteiger partial charge in [-0.05, 0) is 73.1 Å². The predicted octanol–water partition coefficient (Wildman–Crippen LogP) is 4.04. The fraction of sp³-hybridized carbons (Fsp3) is 0.522. The Morgan fingerprint density at radius 2 is 1.83 bits per heavy atom. The Balaban J connectivity index is 1.41. The van der Waals surface area contributed by atoms with Gasteiger partial charge in [-0.25, -0.2) is 12.7 Å². The molecule has 1 fully saturated rings. The Morgan fingerprint density at radius 1 is 1.07 bits per heavy atom. The molecule has 1 atom stereocenters. The number of nitrogens with one attached hydrogen (secondary N) is 1. The molecular weight excluding hydrogens is 416 g/mol. The summed E-state index contributed by atoms with van der Waals surface area (Å²) in [4.78, 5) is 13.8. The number of rotatable bonds is 8. The molecule has 0 spiro atoms. The molecule has 1 unspecified atom stereocenters. The summed E-state index contributed by atoms with van der Waals surface area (Å²) in [5, 5.41) is 5.18. The molecular formula is C23H30N2O3S2. The first-order chi connectivity index (χ1) is 14.5. The minimum atomic E-state index is -3.23. The van der Waals surface area contributed by atoms with Crippen LogP contribution >= 0.6 is 11.3 Å². The zero-order valence-electron chi connectivity index (χ0n) is 17.3. The van der Waals surface area contributed by atoms with Gasteiger partial charge in [0, 0.05) is 24.4 Å². The van der Waals surface area contributed by atoms with Crippen molar-refractivity contribution < 1.29 is 13.2 Å². The van der Waals surface area contributed by atoms with Gasteiger partial charge in [0.05, 0.1) is 11.8 Å². The molecule has 1 aromatic heterocycles. The van der Waals surface area contributed by atoms with Gasteiger partial charge < -0.3 is 5.32 Å². The minimum Gasteiger partial charge on any atom is -0.344 e. The van der Waals surface area contributed by atoms with E-state index in [1.54, 1.807) is 15.6 Å². The van der Waals surface area contributed by atoms with Gasteiger partial charge in [-0.2, -0.15) is 0 Å². The van der Waals surface area contributed by atoms with Gasteiger partial charge in [-0.1, -0.05) is 24.3 Å². The maximum atomic E-state index is 12.7. The lowest BCUT2D eigenvalue weighted by atomic mass is 9.89. The van der Waals surface area contributed by atoms with Crippen molar-refractivity contribution in [2.75, 3.05) is 18.8 Å². The van der Waals surface area contributed by atoms with Gasteiger partial charge >= 0.3 is 0 Å². The number of fused-ring (bicyclic) bond motifs is 1. The number of carbonyl (C=O) groups excluding carboxylic acids is 1. The van der Waals surface area contributed by atoms with Crippen LogP contribution in [-0.4, -0.2) is 37.5 Å². The molecule has 1 aliphatic carbocycles. The number of carbonyl (C=O) groups is 1. The van der Waals surface area contributed by atoms with Gasteiger partial charge in [0.2, 0.25) is 15.9 Å². The number of hydrogen-bond acceptors (Lipinski definition) is 4. The minimum absolute atomic E-state index is 0.0446. The van der Waals surface area contributed by atoms with Crippen LogP contribution in [0.1, 0.15) is 66.1 Å². The molecule has 2 aromatic rings. The molecule has 1 aliphatic heterocycles. The van der Waals surface area contributed by atoms with Crippen molar-refractivity contribution >= 4 is 27.3 Å². The second-order valence-electron chi connectivity index (χ2n) is 8.28. The van der Waals surface area contributed by atoms with E-state index in [-0.39, 0.29) is 24.1 Å². The summed E-state index contributed by atoms with van der Waals surface area (Å²) in [6.45, 7) is 1.24. The SMILES string of the molecule is O=C(CCCS(=O)(=O)N1CCCC1)NC(c1ccc2c(c1)CCCC2)c1cccs1. The molecule has 2 aliphatic rings. The first kappa shape index (κ1) is 21.5. The van der Waals surface area contributed by atoms with Crippen LogP contribution in [-0.2, 0) is 27.7 Å². The van der Waals surface area contributed by atoms with E-state index in [9.17, 15) is 13.2 Å². The van der Waals surface area contributed by atoms with E-state index in [0.29, 0.717) is 19.5 Å². The van der Waals surface area contributed by atoms with Gasteiger partial charge in [-0.15, -0.1) is 11.3 Å². The van der Waals surface area contributed by atoms with Crippen molar-refractivity contribution in [2.45, 2.75) is 57.4 Å². The average molecular weight is 447 g/mol. The van der Waals surface area contributed by atoms with E-state index < -0.39 is 10.0 Å². The zero-order chi connectivity index (χ0) is 21.0. The van der Waals surface area contributed by atoms with Crippen LogP contribution in [0, 0.1) is 0 Å². The summed E-state index contributed by atoms with van der Waals surface area (Å²) in [6.07, 6.45) is 7.15. The van der Waals surface area contributed by atoms with Crippen LogP contribution in [0.25, 0.3) is 0 Å². The zero-order valence-corrected chi connectivity index (χ0v) is 18.9. The van der Waals surface area contributed by atoms with E-state index in [4.69, 9.17) is 0 Å². The van der Waals surface area contributed by atoms with Crippen molar-refractivity contribution in [1.82, 2.24) is 9.62 Å². The number of hydrogen-bond donors (Lipinski definition) is 1. The lowest BCUT2D eigenvalue weighted by Gasteiger charge is -2.22. The number of aryl methyl sites for hydroxylation is 2. The summed E-state index contributed by atoms with van der Waals surface area (Å²) in [7, 11) is -3.23. The normalized spacial score (nSPS) is 18.1. The highest BCUT2D eigenvalue weighted by atomic mass is 32.2. The largest absolute Gasteiger partial charge is 0.344 e. The summed E-state index contributed by atoms with van der Waals surface area (Å²) in [6, 6.07) is 10.5. The van der Waals surface area contributed by atoms with Crippen molar-refractivity contribution in [3.63, 3.8) is 0 Å². The van der Waals surface area contributed by atoms with Crippen molar-refractivity contribution in [2.24, 2.45) is 0 Å². The molecule has 0 bridgehead atoms. The van der Waals surface area contributed by atoms with Crippen molar-refractivity contribution in [3.05, 3.63) is 57.3 Å². The monoisotopic (exact) mass is 446 g/mol. The predicted molar refractivity (Wildman–Crippen MR) is 121 cm³/mol. The Bertz CT molecular complexity index is 964.